The highest BCUT2D eigenvalue weighted by Crippen LogP contribution is 2.33. The van der Waals surface area contributed by atoms with Crippen LogP contribution in [0.3, 0.4) is 0 Å². The van der Waals surface area contributed by atoms with Crippen LogP contribution in [0, 0.1) is 6.92 Å². The SMILES string of the molecule is C=CCn1c(SCC(=O)Nc2nc(C)c(C(=O)N(C)C)s2)nnc1-c1cc(Cl)ccc1OC. The zero-order chi connectivity index (χ0) is 24.1. The third kappa shape index (κ3) is 5.73. The lowest BCUT2D eigenvalue weighted by atomic mass is 10.2. The third-order valence-electron chi connectivity index (χ3n) is 4.41. The fourth-order valence-corrected chi connectivity index (χ4v) is 4.80. The predicted molar refractivity (Wildman–Crippen MR) is 131 cm³/mol. The first-order valence-electron chi connectivity index (χ1n) is 9.74. The Labute approximate surface area is 204 Å². The highest BCUT2D eigenvalue weighted by Gasteiger charge is 2.20. The van der Waals surface area contributed by atoms with E-state index in [1.54, 1.807) is 52.4 Å². The topological polar surface area (TPSA) is 102 Å². The van der Waals surface area contributed by atoms with Crippen molar-refractivity contribution >= 4 is 51.6 Å². The van der Waals surface area contributed by atoms with Gasteiger partial charge in [-0.1, -0.05) is 40.8 Å². The van der Waals surface area contributed by atoms with Crippen molar-refractivity contribution in [3.8, 4) is 17.1 Å². The number of nitrogens with one attached hydrogen (secondary N) is 1. The molecule has 0 bridgehead atoms. The number of nitrogens with zero attached hydrogens (tertiary/aromatic N) is 5. The summed E-state index contributed by atoms with van der Waals surface area (Å²) in [6, 6.07) is 5.24. The van der Waals surface area contributed by atoms with E-state index in [9.17, 15) is 9.59 Å². The van der Waals surface area contributed by atoms with Crippen LogP contribution in [0.15, 0.2) is 36.0 Å². The molecular formula is C21H23ClN6O3S2. The van der Waals surface area contributed by atoms with Crippen molar-refractivity contribution in [1.29, 1.82) is 0 Å². The lowest BCUT2D eigenvalue weighted by Gasteiger charge is -2.11. The van der Waals surface area contributed by atoms with E-state index in [-0.39, 0.29) is 17.6 Å². The number of rotatable bonds is 9. The number of aromatic nitrogens is 4. The number of allylic oxidation sites excluding steroid dienone is 1. The summed E-state index contributed by atoms with van der Waals surface area (Å²) in [6.07, 6.45) is 1.72. The van der Waals surface area contributed by atoms with E-state index in [0.29, 0.717) is 49.6 Å². The first-order valence-corrected chi connectivity index (χ1v) is 11.9. The average molecular weight is 507 g/mol. The van der Waals surface area contributed by atoms with Crippen molar-refractivity contribution in [2.45, 2.75) is 18.6 Å². The Morgan fingerprint density at radius 1 is 1.36 bits per heavy atom. The minimum Gasteiger partial charge on any atom is -0.496 e. The molecule has 2 aromatic heterocycles. The van der Waals surface area contributed by atoms with Crippen LogP contribution >= 0.6 is 34.7 Å². The van der Waals surface area contributed by atoms with Crippen LogP contribution < -0.4 is 10.1 Å². The van der Waals surface area contributed by atoms with Gasteiger partial charge in [-0.2, -0.15) is 0 Å². The number of methoxy groups -OCH3 is 1. The highest BCUT2D eigenvalue weighted by atomic mass is 35.5. The zero-order valence-corrected chi connectivity index (χ0v) is 21.0. The quantitative estimate of drug-likeness (QED) is 0.345. The van der Waals surface area contributed by atoms with Gasteiger partial charge in [0.05, 0.1) is 24.1 Å². The lowest BCUT2D eigenvalue weighted by molar-refractivity contribution is -0.113. The molecule has 2 heterocycles. The molecule has 0 aliphatic heterocycles. The molecule has 0 saturated carbocycles. The number of ether oxygens (including phenoxy) is 1. The molecule has 0 aliphatic carbocycles. The molecular weight excluding hydrogens is 484 g/mol. The van der Waals surface area contributed by atoms with Crippen molar-refractivity contribution in [2.75, 3.05) is 32.3 Å². The Balaban J connectivity index is 1.75. The molecule has 2 amide bonds. The van der Waals surface area contributed by atoms with Crippen molar-refractivity contribution in [2.24, 2.45) is 0 Å². The molecule has 3 rings (SSSR count). The second-order valence-electron chi connectivity index (χ2n) is 7.02. The van der Waals surface area contributed by atoms with Gasteiger partial charge in [0, 0.05) is 25.7 Å². The van der Waals surface area contributed by atoms with E-state index in [1.807, 2.05) is 4.57 Å². The molecule has 0 fully saturated rings. The summed E-state index contributed by atoms with van der Waals surface area (Å²) < 4.78 is 7.27. The molecule has 0 spiro atoms. The molecule has 0 radical (unpaired) electrons. The first kappa shape index (κ1) is 24.7. The molecule has 9 nitrogen and oxygen atoms in total. The van der Waals surface area contributed by atoms with Gasteiger partial charge in [-0.25, -0.2) is 4.98 Å². The Bertz CT molecular complexity index is 1190. The van der Waals surface area contributed by atoms with Crippen molar-refractivity contribution in [1.82, 2.24) is 24.6 Å². The summed E-state index contributed by atoms with van der Waals surface area (Å²) in [4.78, 5) is 31.0. The molecule has 12 heteroatoms. The maximum atomic E-state index is 12.5. The second kappa shape index (κ2) is 10.8. The minimum atomic E-state index is -0.271. The Kier molecular flexibility index (Phi) is 8.11. The molecule has 0 unspecified atom stereocenters. The first-order chi connectivity index (χ1) is 15.7. The van der Waals surface area contributed by atoms with Gasteiger partial charge < -0.3 is 15.0 Å². The number of carbonyl (C=O) groups excluding carboxylic acids is 2. The largest absolute Gasteiger partial charge is 0.496 e. The lowest BCUT2D eigenvalue weighted by Crippen LogP contribution is -2.21. The van der Waals surface area contributed by atoms with Crippen LogP contribution in [0.1, 0.15) is 15.4 Å². The summed E-state index contributed by atoms with van der Waals surface area (Å²) in [5.41, 5.74) is 1.26. The number of halogens is 1. The number of carbonyl (C=O) groups is 2. The normalized spacial score (nSPS) is 10.7. The standard InChI is InChI=1S/C21H23ClN6O3S2/c1-6-9-28-18(14-10-13(22)7-8-15(14)31-5)25-26-21(28)32-11-16(29)24-20-23-12(2)17(33-20)19(30)27(3)4/h6-8,10H,1,9,11H2,2-5H3,(H,23,24,29). The van der Waals surface area contributed by atoms with E-state index in [1.165, 1.54) is 16.7 Å². The number of thiazole rings is 1. The fraction of sp³-hybridized carbons (Fsp3) is 0.286. The third-order valence-corrected chi connectivity index (χ3v) is 6.67. The van der Waals surface area contributed by atoms with Crippen LogP contribution in [-0.4, -0.2) is 63.4 Å². The van der Waals surface area contributed by atoms with E-state index in [0.717, 1.165) is 11.3 Å². The van der Waals surface area contributed by atoms with Gasteiger partial charge in [0.15, 0.2) is 16.1 Å². The number of amides is 2. The van der Waals surface area contributed by atoms with E-state index < -0.39 is 0 Å². The summed E-state index contributed by atoms with van der Waals surface area (Å²) in [7, 11) is 4.91. The number of aryl methyl sites for hydroxylation is 1. The minimum absolute atomic E-state index is 0.0809. The Morgan fingerprint density at radius 2 is 2.12 bits per heavy atom. The molecule has 0 saturated heterocycles. The molecule has 3 aromatic rings. The molecule has 0 atom stereocenters. The smallest absolute Gasteiger partial charge is 0.265 e. The molecule has 0 aliphatic rings. The van der Waals surface area contributed by atoms with Gasteiger partial charge in [0.25, 0.3) is 5.91 Å². The monoisotopic (exact) mass is 506 g/mol. The fourth-order valence-electron chi connectivity index (χ4n) is 2.88. The van der Waals surface area contributed by atoms with Gasteiger partial charge in [-0.05, 0) is 25.1 Å². The zero-order valence-electron chi connectivity index (χ0n) is 18.6. The molecule has 174 valence electrons. The van der Waals surface area contributed by atoms with Gasteiger partial charge in [0.2, 0.25) is 5.91 Å². The highest BCUT2D eigenvalue weighted by molar-refractivity contribution is 7.99. The molecule has 1 N–H and O–H groups in total. The molecule has 1 aromatic carbocycles. The van der Waals surface area contributed by atoms with E-state index in [2.05, 4.69) is 27.1 Å². The maximum absolute atomic E-state index is 12.5. The summed E-state index contributed by atoms with van der Waals surface area (Å²) in [5.74, 6) is 0.819. The number of hydrogen-bond acceptors (Lipinski definition) is 8. The van der Waals surface area contributed by atoms with Crippen LogP contribution in [0.2, 0.25) is 5.02 Å². The summed E-state index contributed by atoms with van der Waals surface area (Å²) in [5, 5.41) is 12.7. The van der Waals surface area contributed by atoms with Crippen molar-refractivity contribution in [3.63, 3.8) is 0 Å². The maximum Gasteiger partial charge on any atom is 0.265 e. The number of anilines is 1. The van der Waals surface area contributed by atoms with Gasteiger partial charge in [-0.3, -0.25) is 14.2 Å². The van der Waals surface area contributed by atoms with Gasteiger partial charge in [0.1, 0.15) is 10.6 Å². The van der Waals surface area contributed by atoms with Crippen LogP contribution in [0.4, 0.5) is 5.13 Å². The van der Waals surface area contributed by atoms with E-state index >= 15 is 0 Å². The summed E-state index contributed by atoms with van der Waals surface area (Å²) >= 11 is 8.54. The molecule has 33 heavy (non-hydrogen) atoms. The van der Waals surface area contributed by atoms with Crippen molar-refractivity contribution < 1.29 is 14.3 Å². The van der Waals surface area contributed by atoms with Crippen LogP contribution in [-0.2, 0) is 11.3 Å². The number of benzene rings is 1. The van der Waals surface area contributed by atoms with Crippen LogP contribution in [0.5, 0.6) is 5.75 Å². The van der Waals surface area contributed by atoms with E-state index in [4.69, 9.17) is 16.3 Å². The van der Waals surface area contributed by atoms with Gasteiger partial charge >= 0.3 is 0 Å². The number of thioether (sulfide) groups is 1. The van der Waals surface area contributed by atoms with Crippen LogP contribution in [0.25, 0.3) is 11.4 Å². The average Bonchev–Trinajstić information content (AvgIpc) is 3.34. The Morgan fingerprint density at radius 3 is 2.79 bits per heavy atom. The second-order valence-corrected chi connectivity index (χ2v) is 9.40. The van der Waals surface area contributed by atoms with Gasteiger partial charge in [-0.15, -0.1) is 16.8 Å². The Hall–Kier alpha value is -2.89. The summed E-state index contributed by atoms with van der Waals surface area (Å²) in [6.45, 7) is 5.97. The number of hydrogen-bond donors (Lipinski definition) is 1. The van der Waals surface area contributed by atoms with Crippen molar-refractivity contribution in [3.05, 3.63) is 46.4 Å². The predicted octanol–water partition coefficient (Wildman–Crippen LogP) is 3.99.